The van der Waals surface area contributed by atoms with Crippen molar-refractivity contribution in [3.63, 3.8) is 0 Å². The molecule has 0 bridgehead atoms. The molecule has 0 amide bonds. The van der Waals surface area contributed by atoms with Gasteiger partial charge in [0.05, 0.1) is 11.8 Å². The van der Waals surface area contributed by atoms with E-state index in [9.17, 15) is 35.1 Å². The van der Waals surface area contributed by atoms with Crippen molar-refractivity contribution in [2.75, 3.05) is 0 Å². The summed E-state index contributed by atoms with van der Waals surface area (Å²) in [7, 11) is 0. The summed E-state index contributed by atoms with van der Waals surface area (Å²) in [5.74, 6) is -1.93. The zero-order valence-electron chi connectivity index (χ0n) is 16.6. The van der Waals surface area contributed by atoms with E-state index in [4.69, 9.17) is 8.83 Å². The van der Waals surface area contributed by atoms with Crippen LogP contribution in [0.3, 0.4) is 0 Å². The molecular formula is C24H14O9. The van der Waals surface area contributed by atoms with Crippen molar-refractivity contribution in [1.29, 1.82) is 0 Å². The molecule has 0 aliphatic heterocycles. The normalized spacial score (nSPS) is 11.3. The molecule has 0 unspecified atom stereocenters. The summed E-state index contributed by atoms with van der Waals surface area (Å²) in [5, 5.41) is 50.5. The molecule has 9 heteroatoms. The van der Waals surface area contributed by atoms with Crippen molar-refractivity contribution in [2.45, 2.75) is 0 Å². The first-order chi connectivity index (χ1) is 15.7. The summed E-state index contributed by atoms with van der Waals surface area (Å²) < 4.78 is 11.1. The average Bonchev–Trinajstić information content (AvgIpc) is 2.73. The van der Waals surface area contributed by atoms with Crippen LogP contribution >= 0.6 is 0 Å². The second kappa shape index (κ2) is 7.06. The third kappa shape index (κ3) is 3.10. The second-order valence-electron chi connectivity index (χ2n) is 7.32. The maximum Gasteiger partial charge on any atom is 0.197 e. The predicted molar refractivity (Wildman–Crippen MR) is 118 cm³/mol. The van der Waals surface area contributed by atoms with Gasteiger partial charge in [0.15, 0.2) is 16.4 Å². The van der Waals surface area contributed by atoms with Gasteiger partial charge in [0.2, 0.25) is 0 Å². The van der Waals surface area contributed by atoms with E-state index in [-0.39, 0.29) is 50.3 Å². The maximum atomic E-state index is 12.6. The minimum atomic E-state index is -0.567. The van der Waals surface area contributed by atoms with Crippen LogP contribution in [0.4, 0.5) is 0 Å². The Labute approximate surface area is 183 Å². The molecule has 3 aromatic carbocycles. The van der Waals surface area contributed by atoms with Gasteiger partial charge in [-0.3, -0.25) is 9.59 Å². The average molecular weight is 446 g/mol. The molecule has 0 spiro atoms. The number of benzene rings is 3. The van der Waals surface area contributed by atoms with Crippen LogP contribution in [0, 0.1) is 0 Å². The predicted octanol–water partition coefficient (Wildman–Crippen LogP) is 3.76. The van der Waals surface area contributed by atoms with Crippen molar-refractivity contribution >= 4 is 21.9 Å². The zero-order chi connectivity index (χ0) is 23.4. The van der Waals surface area contributed by atoms with Crippen LogP contribution in [0.15, 0.2) is 73.2 Å². The number of phenolic OH excluding ortho intramolecular Hbond substituents is 5. The van der Waals surface area contributed by atoms with E-state index < -0.39 is 28.1 Å². The van der Waals surface area contributed by atoms with E-state index in [0.29, 0.717) is 5.56 Å². The Kier molecular flexibility index (Phi) is 4.28. The second-order valence-corrected chi connectivity index (χ2v) is 7.32. The van der Waals surface area contributed by atoms with Crippen LogP contribution < -0.4 is 10.9 Å². The van der Waals surface area contributed by atoms with E-state index in [2.05, 4.69) is 0 Å². The van der Waals surface area contributed by atoms with Gasteiger partial charge in [-0.15, -0.1) is 0 Å². The smallest absolute Gasteiger partial charge is 0.197 e. The highest BCUT2D eigenvalue weighted by Gasteiger charge is 2.21. The zero-order valence-corrected chi connectivity index (χ0v) is 16.6. The maximum absolute atomic E-state index is 12.6. The van der Waals surface area contributed by atoms with E-state index in [1.165, 1.54) is 24.3 Å². The summed E-state index contributed by atoms with van der Waals surface area (Å²) in [5.41, 5.74) is -1.06. The molecule has 2 aromatic heterocycles. The lowest BCUT2D eigenvalue weighted by Crippen LogP contribution is -2.01. The van der Waals surface area contributed by atoms with Gasteiger partial charge < -0.3 is 34.4 Å². The molecule has 0 fully saturated rings. The highest BCUT2D eigenvalue weighted by atomic mass is 16.3. The van der Waals surface area contributed by atoms with Crippen molar-refractivity contribution < 1.29 is 34.4 Å². The van der Waals surface area contributed by atoms with Gasteiger partial charge in [0.25, 0.3) is 0 Å². The molecular weight excluding hydrogens is 432 g/mol. The number of phenols is 5. The third-order valence-corrected chi connectivity index (χ3v) is 5.24. The minimum absolute atomic E-state index is 0.0332. The monoisotopic (exact) mass is 446 g/mol. The Morgan fingerprint density at radius 1 is 0.667 bits per heavy atom. The van der Waals surface area contributed by atoms with Crippen LogP contribution in [0.5, 0.6) is 28.7 Å². The van der Waals surface area contributed by atoms with Crippen molar-refractivity contribution in [3.8, 4) is 51.2 Å². The van der Waals surface area contributed by atoms with Gasteiger partial charge in [-0.2, -0.15) is 0 Å². The van der Waals surface area contributed by atoms with Gasteiger partial charge in [0, 0.05) is 41.5 Å². The van der Waals surface area contributed by atoms with Gasteiger partial charge in [-0.1, -0.05) is 0 Å². The number of rotatable bonds is 2. The van der Waals surface area contributed by atoms with Crippen molar-refractivity contribution in [1.82, 2.24) is 0 Å². The van der Waals surface area contributed by atoms with Crippen LogP contribution in [0.25, 0.3) is 44.4 Å². The van der Waals surface area contributed by atoms with E-state index in [1.54, 1.807) is 0 Å². The number of hydrogen-bond donors (Lipinski definition) is 5. The third-order valence-electron chi connectivity index (χ3n) is 5.24. The topological polar surface area (TPSA) is 162 Å². The molecule has 5 aromatic rings. The highest BCUT2D eigenvalue weighted by Crippen LogP contribution is 2.44. The fourth-order valence-electron chi connectivity index (χ4n) is 3.78. The lowest BCUT2D eigenvalue weighted by atomic mass is 9.97. The molecule has 0 saturated carbocycles. The van der Waals surface area contributed by atoms with E-state index in [1.807, 2.05) is 0 Å². The fourth-order valence-corrected chi connectivity index (χ4v) is 3.78. The first-order valence-electron chi connectivity index (χ1n) is 9.54. The molecule has 9 nitrogen and oxygen atoms in total. The molecule has 164 valence electrons. The fraction of sp³-hybridized carbons (Fsp3) is 0. The highest BCUT2D eigenvalue weighted by molar-refractivity contribution is 6.00. The van der Waals surface area contributed by atoms with E-state index in [0.717, 1.165) is 30.5 Å². The molecule has 0 radical (unpaired) electrons. The van der Waals surface area contributed by atoms with Crippen molar-refractivity contribution in [3.05, 3.63) is 75.2 Å². The SMILES string of the molecule is O=c1cc(-c2ccc(O)c(-c3c(O)cc(O)c4c(=O)ccoc34)c2)oc2cc(O)cc(O)c12. The van der Waals surface area contributed by atoms with Crippen LogP contribution in [0.1, 0.15) is 0 Å². The lowest BCUT2D eigenvalue weighted by molar-refractivity contribution is 0.450. The van der Waals surface area contributed by atoms with Crippen LogP contribution in [-0.2, 0) is 0 Å². The van der Waals surface area contributed by atoms with Crippen LogP contribution in [-0.4, -0.2) is 25.5 Å². The first-order valence-corrected chi connectivity index (χ1v) is 9.54. The Hall–Kier alpha value is -4.92. The number of fused-ring (bicyclic) bond motifs is 2. The Balaban J connectivity index is 1.79. The van der Waals surface area contributed by atoms with E-state index >= 15 is 0 Å². The Bertz CT molecular complexity index is 1710. The molecule has 0 aliphatic carbocycles. The molecule has 2 heterocycles. The first kappa shape index (κ1) is 20.0. The van der Waals surface area contributed by atoms with Gasteiger partial charge in [-0.05, 0) is 18.2 Å². The summed E-state index contributed by atoms with van der Waals surface area (Å²) in [6, 6.07) is 9.51. The number of hydrogen-bond acceptors (Lipinski definition) is 9. The number of aromatic hydroxyl groups is 5. The largest absolute Gasteiger partial charge is 0.508 e. The lowest BCUT2D eigenvalue weighted by Gasteiger charge is -2.12. The van der Waals surface area contributed by atoms with Gasteiger partial charge in [0.1, 0.15) is 50.9 Å². The molecule has 5 rings (SSSR count). The quantitative estimate of drug-likeness (QED) is 0.272. The summed E-state index contributed by atoms with van der Waals surface area (Å²) in [4.78, 5) is 24.8. The molecule has 5 N–H and O–H groups in total. The summed E-state index contributed by atoms with van der Waals surface area (Å²) >= 11 is 0. The standard InChI is InChI=1S/C24H14O9/c25-11-6-15(28)22-18(31)9-19(33-20(22)7-11)10-1-2-13(26)12(5-10)21-16(29)8-17(30)23-14(27)3-4-32-24(21)23/h1-9,25-26,28-30H. The molecule has 0 atom stereocenters. The van der Waals surface area contributed by atoms with Crippen molar-refractivity contribution in [2.24, 2.45) is 0 Å². The van der Waals surface area contributed by atoms with Gasteiger partial charge >= 0.3 is 0 Å². The molecule has 0 saturated heterocycles. The summed E-state index contributed by atoms with van der Waals surface area (Å²) in [6.07, 6.45) is 1.09. The minimum Gasteiger partial charge on any atom is -0.508 e. The van der Waals surface area contributed by atoms with Gasteiger partial charge in [-0.25, -0.2) is 0 Å². The Morgan fingerprint density at radius 3 is 2.21 bits per heavy atom. The van der Waals surface area contributed by atoms with Crippen LogP contribution in [0.2, 0.25) is 0 Å². The summed E-state index contributed by atoms with van der Waals surface area (Å²) in [6.45, 7) is 0. The molecule has 33 heavy (non-hydrogen) atoms. The molecule has 0 aliphatic rings. The Morgan fingerprint density at radius 2 is 1.42 bits per heavy atom.